The zero-order valence-electron chi connectivity index (χ0n) is 9.95. The van der Waals surface area contributed by atoms with Crippen molar-refractivity contribution >= 4 is 5.97 Å². The van der Waals surface area contributed by atoms with E-state index in [0.717, 1.165) is 12.1 Å². The highest BCUT2D eigenvalue weighted by Crippen LogP contribution is 2.26. The largest absolute Gasteiger partial charge is 0.466 e. The molecule has 0 N–H and O–H groups in total. The molecule has 0 spiro atoms. The molecule has 0 saturated carbocycles. The maximum absolute atomic E-state index is 13.5. The van der Waals surface area contributed by atoms with E-state index in [-0.39, 0.29) is 18.6 Å². The Morgan fingerprint density at radius 2 is 2.16 bits per heavy atom. The van der Waals surface area contributed by atoms with Crippen molar-refractivity contribution in [3.63, 3.8) is 0 Å². The molecule has 0 unspecified atom stereocenters. The Balaban J connectivity index is 3.03. The normalized spacial score (nSPS) is 10.1. The van der Waals surface area contributed by atoms with Gasteiger partial charge in [0.25, 0.3) is 0 Å². The summed E-state index contributed by atoms with van der Waals surface area (Å²) in [4.78, 5) is 11.2. The zero-order chi connectivity index (χ0) is 14.4. The summed E-state index contributed by atoms with van der Waals surface area (Å²) in [7, 11) is 0. The number of hydrogen-bond acceptors (Lipinski definition) is 4. The van der Waals surface area contributed by atoms with Crippen LogP contribution in [-0.2, 0) is 16.0 Å². The van der Waals surface area contributed by atoms with Gasteiger partial charge in [-0.3, -0.25) is 4.79 Å². The van der Waals surface area contributed by atoms with Crippen LogP contribution in [0, 0.1) is 17.1 Å². The second kappa shape index (κ2) is 6.64. The van der Waals surface area contributed by atoms with Crippen LogP contribution in [0.3, 0.4) is 0 Å². The molecule has 1 rings (SSSR count). The number of halogens is 3. The van der Waals surface area contributed by atoms with Gasteiger partial charge < -0.3 is 9.47 Å². The van der Waals surface area contributed by atoms with Gasteiger partial charge in [-0.25, -0.2) is 4.39 Å². The Kier molecular flexibility index (Phi) is 5.18. The molecule has 0 amide bonds. The predicted molar refractivity (Wildman–Crippen MR) is 58.1 cm³/mol. The lowest BCUT2D eigenvalue weighted by Crippen LogP contribution is -2.10. The number of nitrogens with zero attached hydrogens (tertiary/aromatic N) is 1. The van der Waals surface area contributed by atoms with Crippen LogP contribution in [0.4, 0.5) is 13.2 Å². The van der Waals surface area contributed by atoms with Crippen molar-refractivity contribution in [2.45, 2.75) is 20.0 Å². The van der Waals surface area contributed by atoms with Gasteiger partial charge in [-0.15, -0.1) is 0 Å². The molecule has 0 atom stereocenters. The molecule has 7 heteroatoms. The van der Waals surface area contributed by atoms with Gasteiger partial charge in [0, 0.05) is 0 Å². The van der Waals surface area contributed by atoms with E-state index in [0.29, 0.717) is 0 Å². The van der Waals surface area contributed by atoms with E-state index in [1.54, 1.807) is 6.92 Å². The fraction of sp³-hybridized carbons (Fsp3) is 0.333. The van der Waals surface area contributed by atoms with Gasteiger partial charge in [-0.2, -0.15) is 14.0 Å². The second-order valence-corrected chi connectivity index (χ2v) is 3.43. The monoisotopic (exact) mass is 273 g/mol. The third kappa shape index (κ3) is 4.17. The predicted octanol–water partition coefficient (Wildman–Crippen LogP) is 2.40. The van der Waals surface area contributed by atoms with Gasteiger partial charge in [0.1, 0.15) is 6.07 Å². The molecule has 0 aliphatic heterocycles. The van der Waals surface area contributed by atoms with Gasteiger partial charge in [0.15, 0.2) is 11.6 Å². The highest BCUT2D eigenvalue weighted by molar-refractivity contribution is 5.73. The number of rotatable bonds is 5. The van der Waals surface area contributed by atoms with E-state index in [1.807, 2.05) is 0 Å². The summed E-state index contributed by atoms with van der Waals surface area (Å²) in [6.45, 7) is -1.46. The summed E-state index contributed by atoms with van der Waals surface area (Å²) in [6, 6.07) is 3.50. The Morgan fingerprint density at radius 1 is 1.47 bits per heavy atom. The third-order valence-corrected chi connectivity index (χ3v) is 2.08. The quantitative estimate of drug-likeness (QED) is 0.773. The second-order valence-electron chi connectivity index (χ2n) is 3.43. The third-order valence-electron chi connectivity index (χ3n) is 2.08. The van der Waals surface area contributed by atoms with Crippen molar-refractivity contribution in [1.82, 2.24) is 0 Å². The molecule has 0 aromatic heterocycles. The summed E-state index contributed by atoms with van der Waals surface area (Å²) in [5, 5.41) is 8.76. The van der Waals surface area contributed by atoms with Gasteiger partial charge in [0.05, 0.1) is 18.6 Å². The average molecular weight is 273 g/mol. The van der Waals surface area contributed by atoms with Crippen LogP contribution in [0.2, 0.25) is 0 Å². The van der Waals surface area contributed by atoms with Crippen LogP contribution in [-0.4, -0.2) is 19.2 Å². The smallest absolute Gasteiger partial charge is 0.387 e. The number of alkyl halides is 2. The fourth-order valence-electron chi connectivity index (χ4n) is 1.42. The number of carbonyl (C=O) groups excluding carboxylic acids is 1. The molecule has 102 valence electrons. The first-order valence-corrected chi connectivity index (χ1v) is 5.30. The van der Waals surface area contributed by atoms with Crippen LogP contribution in [0.5, 0.6) is 5.75 Å². The van der Waals surface area contributed by atoms with Crippen molar-refractivity contribution < 1.29 is 27.4 Å². The number of hydrogen-bond donors (Lipinski definition) is 0. The maximum atomic E-state index is 13.5. The molecule has 1 aromatic carbocycles. The first-order valence-electron chi connectivity index (χ1n) is 5.30. The van der Waals surface area contributed by atoms with E-state index in [4.69, 9.17) is 5.26 Å². The van der Waals surface area contributed by atoms with Crippen LogP contribution in [0.25, 0.3) is 0 Å². The summed E-state index contributed by atoms with van der Waals surface area (Å²) in [6.07, 6.45) is -0.256. The molecule has 0 aliphatic carbocycles. The lowest BCUT2D eigenvalue weighted by atomic mass is 10.1. The van der Waals surface area contributed by atoms with Crippen LogP contribution in [0.1, 0.15) is 18.1 Å². The topological polar surface area (TPSA) is 59.3 Å². The first-order chi connectivity index (χ1) is 8.97. The number of nitriles is 1. The summed E-state index contributed by atoms with van der Waals surface area (Å²) < 4.78 is 46.2. The van der Waals surface area contributed by atoms with Crippen molar-refractivity contribution in [2.24, 2.45) is 0 Å². The number of benzene rings is 1. The number of carbonyl (C=O) groups is 1. The van der Waals surface area contributed by atoms with Crippen molar-refractivity contribution in [2.75, 3.05) is 6.61 Å². The first kappa shape index (κ1) is 14.8. The van der Waals surface area contributed by atoms with E-state index >= 15 is 0 Å². The fourth-order valence-corrected chi connectivity index (χ4v) is 1.42. The molecule has 0 bridgehead atoms. The SMILES string of the molecule is CCOC(=O)Cc1cc(F)c(OC(F)F)c(C#N)c1. The van der Waals surface area contributed by atoms with Crippen molar-refractivity contribution in [3.05, 3.63) is 29.1 Å². The van der Waals surface area contributed by atoms with Gasteiger partial charge in [-0.1, -0.05) is 0 Å². The van der Waals surface area contributed by atoms with Crippen LogP contribution < -0.4 is 4.74 Å². The molecular formula is C12H10F3NO3. The lowest BCUT2D eigenvalue weighted by Gasteiger charge is -2.09. The van der Waals surface area contributed by atoms with Gasteiger partial charge in [0.2, 0.25) is 0 Å². The minimum Gasteiger partial charge on any atom is -0.466 e. The molecule has 0 saturated heterocycles. The van der Waals surface area contributed by atoms with E-state index in [2.05, 4.69) is 9.47 Å². The minimum atomic E-state index is -3.24. The molecule has 19 heavy (non-hydrogen) atoms. The molecule has 0 aliphatic rings. The molecule has 0 fully saturated rings. The Hall–Kier alpha value is -2.23. The number of esters is 1. The zero-order valence-corrected chi connectivity index (χ0v) is 9.95. The molecular weight excluding hydrogens is 263 g/mol. The van der Waals surface area contributed by atoms with Crippen LogP contribution in [0.15, 0.2) is 12.1 Å². The number of ether oxygens (including phenoxy) is 2. The maximum Gasteiger partial charge on any atom is 0.387 e. The van der Waals surface area contributed by atoms with Gasteiger partial charge >= 0.3 is 12.6 Å². The summed E-state index contributed by atoms with van der Waals surface area (Å²) in [5.74, 6) is -2.56. The Morgan fingerprint density at radius 3 is 2.68 bits per heavy atom. The highest BCUT2D eigenvalue weighted by Gasteiger charge is 2.17. The summed E-state index contributed by atoms with van der Waals surface area (Å²) >= 11 is 0. The molecule has 0 radical (unpaired) electrons. The van der Waals surface area contributed by atoms with Crippen molar-refractivity contribution in [3.8, 4) is 11.8 Å². The van der Waals surface area contributed by atoms with Crippen molar-refractivity contribution in [1.29, 1.82) is 5.26 Å². The van der Waals surface area contributed by atoms with Gasteiger partial charge in [-0.05, 0) is 24.6 Å². The average Bonchev–Trinajstić information content (AvgIpc) is 2.32. The molecule has 1 aromatic rings. The molecule has 0 heterocycles. The van der Waals surface area contributed by atoms with E-state index in [9.17, 15) is 18.0 Å². The molecule has 4 nitrogen and oxygen atoms in total. The Bertz CT molecular complexity index is 512. The minimum absolute atomic E-state index is 0.147. The van der Waals surface area contributed by atoms with E-state index in [1.165, 1.54) is 6.07 Å². The van der Waals surface area contributed by atoms with E-state index < -0.39 is 29.7 Å². The summed E-state index contributed by atoms with van der Waals surface area (Å²) in [5.41, 5.74) is -0.256. The Labute approximate surface area is 107 Å². The highest BCUT2D eigenvalue weighted by atomic mass is 19.3. The van der Waals surface area contributed by atoms with Crippen LogP contribution >= 0.6 is 0 Å². The standard InChI is InChI=1S/C12H10F3NO3/c1-2-18-10(17)5-7-3-8(6-16)11(9(13)4-7)19-12(14)15/h3-4,12H,2,5H2,1H3. The lowest BCUT2D eigenvalue weighted by molar-refractivity contribution is -0.142.